The van der Waals surface area contributed by atoms with E-state index in [1.807, 2.05) is 42.5 Å². The van der Waals surface area contributed by atoms with Crippen LogP contribution in [-0.2, 0) is 0 Å². The zero-order valence-corrected chi connectivity index (χ0v) is 12.7. The first-order chi connectivity index (χ1) is 9.68. The highest BCUT2D eigenvalue weighted by Crippen LogP contribution is 2.26. The third-order valence-corrected chi connectivity index (χ3v) is 4.18. The number of ketones is 1. The highest BCUT2D eigenvalue weighted by atomic mass is 35.5. The van der Waals surface area contributed by atoms with Gasteiger partial charge >= 0.3 is 0 Å². The molecule has 0 aromatic heterocycles. The van der Waals surface area contributed by atoms with Crippen molar-refractivity contribution >= 4 is 29.1 Å². The Morgan fingerprint density at radius 2 is 1.85 bits per heavy atom. The van der Waals surface area contributed by atoms with Gasteiger partial charge in [0.05, 0.1) is 17.2 Å². The van der Waals surface area contributed by atoms with Crippen molar-refractivity contribution in [3.63, 3.8) is 0 Å². The molecule has 0 unspecified atom stereocenters. The lowest BCUT2D eigenvalue weighted by atomic mass is 10.1. The van der Waals surface area contributed by atoms with E-state index in [1.165, 1.54) is 0 Å². The van der Waals surface area contributed by atoms with Crippen LogP contribution in [-0.4, -0.2) is 18.1 Å². The van der Waals surface area contributed by atoms with Gasteiger partial charge in [-0.2, -0.15) is 0 Å². The summed E-state index contributed by atoms with van der Waals surface area (Å²) >= 11 is 7.72. The average molecular weight is 307 g/mol. The van der Waals surface area contributed by atoms with Gasteiger partial charge in [-0.15, -0.1) is 11.8 Å². The van der Waals surface area contributed by atoms with Crippen LogP contribution in [0.1, 0.15) is 17.3 Å². The summed E-state index contributed by atoms with van der Waals surface area (Å²) in [5.41, 5.74) is 0.621. The van der Waals surface area contributed by atoms with Crippen molar-refractivity contribution in [3.05, 3.63) is 59.1 Å². The number of thioether (sulfide) groups is 1. The van der Waals surface area contributed by atoms with Gasteiger partial charge in [-0.1, -0.05) is 35.9 Å². The van der Waals surface area contributed by atoms with Gasteiger partial charge in [0.1, 0.15) is 5.75 Å². The molecule has 0 spiro atoms. The second-order valence-electron chi connectivity index (χ2n) is 4.18. The maximum absolute atomic E-state index is 11.5. The van der Waals surface area contributed by atoms with Crippen molar-refractivity contribution in [1.29, 1.82) is 0 Å². The molecular weight excluding hydrogens is 292 g/mol. The minimum Gasteiger partial charge on any atom is -0.492 e. The number of halogens is 1. The molecule has 0 fully saturated rings. The molecule has 0 heterocycles. The second-order valence-corrected chi connectivity index (χ2v) is 5.72. The predicted molar refractivity (Wildman–Crippen MR) is 84.1 cm³/mol. The number of ether oxygens (including phenoxy) is 1. The van der Waals surface area contributed by atoms with Gasteiger partial charge < -0.3 is 4.74 Å². The summed E-state index contributed by atoms with van der Waals surface area (Å²) in [6, 6.07) is 15.0. The lowest BCUT2D eigenvalue weighted by Crippen LogP contribution is -2.04. The van der Waals surface area contributed by atoms with Gasteiger partial charge in [-0.3, -0.25) is 4.79 Å². The van der Waals surface area contributed by atoms with E-state index in [0.717, 1.165) is 15.7 Å². The van der Waals surface area contributed by atoms with Crippen LogP contribution < -0.4 is 4.74 Å². The average Bonchev–Trinajstić information content (AvgIpc) is 2.45. The molecular formula is C16H15ClO2S. The summed E-state index contributed by atoms with van der Waals surface area (Å²) in [6.07, 6.45) is 0. The SMILES string of the molecule is CC(=O)c1ccccc1OCCSc1ccccc1Cl. The van der Waals surface area contributed by atoms with Gasteiger partial charge in [-0.05, 0) is 31.2 Å². The quantitative estimate of drug-likeness (QED) is 0.439. The number of para-hydroxylation sites is 1. The van der Waals surface area contributed by atoms with Crippen LogP contribution in [0.5, 0.6) is 5.75 Å². The normalized spacial score (nSPS) is 10.3. The molecule has 2 aromatic rings. The fourth-order valence-corrected chi connectivity index (χ4v) is 2.82. The molecule has 2 aromatic carbocycles. The molecule has 4 heteroatoms. The zero-order valence-electron chi connectivity index (χ0n) is 11.1. The van der Waals surface area contributed by atoms with Crippen LogP contribution >= 0.6 is 23.4 Å². The third-order valence-electron chi connectivity index (χ3n) is 2.70. The number of hydrogen-bond donors (Lipinski definition) is 0. The Morgan fingerprint density at radius 3 is 2.60 bits per heavy atom. The summed E-state index contributed by atoms with van der Waals surface area (Å²) in [6.45, 7) is 2.07. The molecule has 2 nitrogen and oxygen atoms in total. The highest BCUT2D eigenvalue weighted by Gasteiger charge is 2.07. The van der Waals surface area contributed by atoms with E-state index in [2.05, 4.69) is 0 Å². The molecule has 0 N–H and O–H groups in total. The van der Waals surface area contributed by atoms with Gasteiger partial charge in [0.25, 0.3) is 0 Å². The Kier molecular flexibility index (Phi) is 5.50. The van der Waals surface area contributed by atoms with E-state index in [-0.39, 0.29) is 5.78 Å². The van der Waals surface area contributed by atoms with Crippen molar-refractivity contribution < 1.29 is 9.53 Å². The first-order valence-electron chi connectivity index (χ1n) is 6.28. The Balaban J connectivity index is 1.88. The lowest BCUT2D eigenvalue weighted by Gasteiger charge is -2.09. The van der Waals surface area contributed by atoms with Crippen LogP contribution in [0.15, 0.2) is 53.4 Å². The van der Waals surface area contributed by atoms with E-state index < -0.39 is 0 Å². The van der Waals surface area contributed by atoms with Crippen molar-refractivity contribution in [3.8, 4) is 5.75 Å². The molecule has 0 bridgehead atoms. The molecule has 0 radical (unpaired) electrons. The first kappa shape index (κ1) is 14.9. The molecule has 0 aliphatic rings. The minimum atomic E-state index is 0.0133. The molecule has 0 atom stereocenters. The van der Waals surface area contributed by atoms with Crippen molar-refractivity contribution in [2.24, 2.45) is 0 Å². The monoisotopic (exact) mass is 306 g/mol. The van der Waals surface area contributed by atoms with Crippen molar-refractivity contribution in [1.82, 2.24) is 0 Å². The summed E-state index contributed by atoms with van der Waals surface area (Å²) in [5, 5.41) is 0.752. The Morgan fingerprint density at radius 1 is 1.15 bits per heavy atom. The maximum atomic E-state index is 11.5. The standard InChI is InChI=1S/C16H15ClO2S/c1-12(18)13-6-2-4-8-15(13)19-10-11-20-16-9-5-3-7-14(16)17/h2-9H,10-11H2,1H3. The summed E-state index contributed by atoms with van der Waals surface area (Å²) < 4.78 is 5.68. The van der Waals surface area contributed by atoms with E-state index in [0.29, 0.717) is 17.9 Å². The number of hydrogen-bond acceptors (Lipinski definition) is 3. The Labute approximate surface area is 128 Å². The van der Waals surface area contributed by atoms with Gasteiger partial charge in [0.2, 0.25) is 0 Å². The third kappa shape index (κ3) is 4.02. The largest absolute Gasteiger partial charge is 0.492 e. The summed E-state index contributed by atoms with van der Waals surface area (Å²) in [7, 11) is 0. The van der Waals surface area contributed by atoms with Crippen LogP contribution in [0.4, 0.5) is 0 Å². The van der Waals surface area contributed by atoms with Crippen LogP contribution in [0.2, 0.25) is 5.02 Å². The molecule has 0 saturated carbocycles. The summed E-state index contributed by atoms with van der Waals surface area (Å²) in [5.74, 6) is 1.43. The fraction of sp³-hybridized carbons (Fsp3) is 0.188. The lowest BCUT2D eigenvalue weighted by molar-refractivity contribution is 0.101. The van der Waals surface area contributed by atoms with Crippen molar-refractivity contribution in [2.75, 3.05) is 12.4 Å². The molecule has 2 rings (SSSR count). The topological polar surface area (TPSA) is 26.3 Å². The highest BCUT2D eigenvalue weighted by molar-refractivity contribution is 7.99. The van der Waals surface area contributed by atoms with E-state index in [1.54, 1.807) is 24.8 Å². The second kappa shape index (κ2) is 7.36. The molecule has 20 heavy (non-hydrogen) atoms. The number of rotatable bonds is 6. The summed E-state index contributed by atoms with van der Waals surface area (Å²) in [4.78, 5) is 12.5. The maximum Gasteiger partial charge on any atom is 0.163 e. The molecule has 0 amide bonds. The Bertz CT molecular complexity index is 599. The fourth-order valence-electron chi connectivity index (χ4n) is 1.75. The number of Topliss-reactive ketones (excluding diaryl/α,β-unsaturated/α-hetero) is 1. The predicted octanol–water partition coefficient (Wildman–Crippen LogP) is 4.71. The van der Waals surface area contributed by atoms with Crippen LogP contribution in [0, 0.1) is 0 Å². The number of carbonyl (C=O) groups is 1. The minimum absolute atomic E-state index is 0.0133. The van der Waals surface area contributed by atoms with E-state index >= 15 is 0 Å². The van der Waals surface area contributed by atoms with Gasteiger partial charge in [0.15, 0.2) is 5.78 Å². The van der Waals surface area contributed by atoms with Gasteiger partial charge in [0, 0.05) is 10.6 Å². The van der Waals surface area contributed by atoms with Crippen LogP contribution in [0.3, 0.4) is 0 Å². The molecule has 0 saturated heterocycles. The zero-order chi connectivity index (χ0) is 14.4. The molecule has 0 aliphatic heterocycles. The smallest absolute Gasteiger partial charge is 0.163 e. The molecule has 104 valence electrons. The number of benzene rings is 2. The van der Waals surface area contributed by atoms with E-state index in [4.69, 9.17) is 16.3 Å². The molecule has 0 aliphatic carbocycles. The number of carbonyl (C=O) groups excluding carboxylic acids is 1. The first-order valence-corrected chi connectivity index (χ1v) is 7.65. The Hall–Kier alpha value is -1.45. The van der Waals surface area contributed by atoms with Crippen LogP contribution in [0.25, 0.3) is 0 Å². The van der Waals surface area contributed by atoms with Crippen molar-refractivity contribution in [2.45, 2.75) is 11.8 Å². The van der Waals surface area contributed by atoms with Gasteiger partial charge in [-0.25, -0.2) is 0 Å². The van der Waals surface area contributed by atoms with E-state index in [9.17, 15) is 4.79 Å².